The van der Waals surface area contributed by atoms with E-state index in [1.807, 2.05) is 19.9 Å². The van der Waals surface area contributed by atoms with Crippen LogP contribution in [-0.2, 0) is 14.8 Å². The van der Waals surface area contributed by atoms with Crippen LogP contribution in [0.4, 0.5) is 11.4 Å². The zero-order valence-electron chi connectivity index (χ0n) is 39.8. The van der Waals surface area contributed by atoms with E-state index in [4.69, 9.17) is 18.9 Å². The standard InChI is InChI=1S/C51H62N6O10S2/c1-6-65-29-40(38-10-8-7-9-37(38)31(2)3)53-34-27-51(28-34)18-21-56(22-19-51)35-11-12-39(42(24-35)67-44-23-33-15-20-52-47(33)54-49(44)64-5)48(58)55-69(62,63)36-25-41(57(60)61)46-43(26-36)66-30-45(68-46)32-13-16-50(4,59)17-14-32/h7-12,15,20,23-26,31-32,34,40,45,53,59H,6,13-14,16-19,21-22,27-30H2,1-5H3,(H,52,54)(H,55,58)/t32-,40-,45+,50-/m0/s1. The molecule has 368 valence electrons. The number of hydrogen-bond acceptors (Lipinski definition) is 14. The molecule has 2 aliphatic carbocycles. The summed E-state index contributed by atoms with van der Waals surface area (Å²) in [7, 11) is -3.23. The van der Waals surface area contributed by atoms with Crippen LogP contribution in [0.1, 0.15) is 113 Å². The summed E-state index contributed by atoms with van der Waals surface area (Å²) in [6.45, 7) is 11.3. The highest BCUT2D eigenvalue weighted by Gasteiger charge is 2.47. The third-order valence-corrected chi connectivity index (χ3v) is 17.4. The summed E-state index contributed by atoms with van der Waals surface area (Å²) >= 11 is 1.30. The number of carbonyl (C=O) groups excluding carboxylic acids is 1. The maximum absolute atomic E-state index is 14.2. The molecule has 5 aromatic rings. The Labute approximate surface area is 407 Å². The lowest BCUT2D eigenvalue weighted by Gasteiger charge is -2.53. The van der Waals surface area contributed by atoms with Crippen LogP contribution in [0.5, 0.6) is 23.1 Å². The molecule has 2 aromatic heterocycles. The number of nitrogens with one attached hydrogen (secondary N) is 3. The van der Waals surface area contributed by atoms with Crippen LogP contribution in [0, 0.1) is 21.4 Å². The fourth-order valence-corrected chi connectivity index (χ4v) is 13.0. The van der Waals surface area contributed by atoms with Crippen molar-refractivity contribution in [3.8, 4) is 23.1 Å². The Morgan fingerprint density at radius 2 is 1.78 bits per heavy atom. The molecule has 3 fully saturated rings. The van der Waals surface area contributed by atoms with Crippen molar-refractivity contribution in [1.82, 2.24) is 20.0 Å². The Kier molecular flexibility index (Phi) is 13.9. The highest BCUT2D eigenvalue weighted by atomic mass is 32.2. The van der Waals surface area contributed by atoms with E-state index in [-0.39, 0.29) is 62.8 Å². The number of ether oxygens (including phenoxy) is 4. The molecule has 0 unspecified atom stereocenters. The number of pyridine rings is 1. The van der Waals surface area contributed by atoms with E-state index in [9.17, 15) is 28.4 Å². The quantitative estimate of drug-likeness (QED) is 0.0537. The van der Waals surface area contributed by atoms with Crippen LogP contribution in [0.3, 0.4) is 0 Å². The fraction of sp³-hybridized carbons (Fsp3) is 0.490. The minimum absolute atomic E-state index is 0.0596. The molecule has 1 spiro atoms. The maximum Gasteiger partial charge on any atom is 0.288 e. The van der Waals surface area contributed by atoms with E-state index < -0.39 is 37.0 Å². The topological polar surface area (TPSA) is 207 Å². The van der Waals surface area contributed by atoms with Gasteiger partial charge in [-0.1, -0.05) is 38.1 Å². The molecule has 4 N–H and O–H groups in total. The van der Waals surface area contributed by atoms with Crippen molar-refractivity contribution in [3.05, 3.63) is 99.7 Å². The van der Waals surface area contributed by atoms with Crippen molar-refractivity contribution < 1.29 is 42.2 Å². The summed E-state index contributed by atoms with van der Waals surface area (Å²) in [5.74, 6) is 0.0502. The van der Waals surface area contributed by atoms with Gasteiger partial charge in [0.05, 0.1) is 40.7 Å². The van der Waals surface area contributed by atoms with Crippen molar-refractivity contribution in [2.45, 2.75) is 118 Å². The van der Waals surface area contributed by atoms with Crippen molar-refractivity contribution in [3.63, 3.8) is 0 Å². The van der Waals surface area contributed by atoms with E-state index in [1.54, 1.807) is 24.4 Å². The Bertz CT molecular complexity index is 2810. The highest BCUT2D eigenvalue weighted by molar-refractivity contribution is 8.00. The first-order valence-electron chi connectivity index (χ1n) is 24.0. The second kappa shape index (κ2) is 19.8. The molecular weight excluding hydrogens is 921 g/mol. The Balaban J connectivity index is 0.929. The summed E-state index contributed by atoms with van der Waals surface area (Å²) in [6.07, 6.45) is 8.53. The number of aliphatic hydroxyl groups is 1. The highest BCUT2D eigenvalue weighted by Crippen LogP contribution is 2.52. The number of amides is 1. The number of nitro groups is 1. The molecule has 69 heavy (non-hydrogen) atoms. The summed E-state index contributed by atoms with van der Waals surface area (Å²) in [5, 5.41) is 27.5. The van der Waals surface area contributed by atoms with Gasteiger partial charge < -0.3 is 39.3 Å². The molecule has 16 nitrogen and oxygen atoms in total. The molecular formula is C51H62N6O10S2. The number of aromatic amines is 1. The number of benzene rings is 3. The van der Waals surface area contributed by atoms with Crippen LogP contribution in [0.2, 0.25) is 0 Å². The number of anilines is 1. The number of rotatable bonds is 16. The lowest BCUT2D eigenvalue weighted by molar-refractivity contribution is -0.388. The van der Waals surface area contributed by atoms with Gasteiger partial charge >= 0.3 is 0 Å². The van der Waals surface area contributed by atoms with E-state index in [0.29, 0.717) is 43.7 Å². The van der Waals surface area contributed by atoms with Crippen molar-refractivity contribution in [1.29, 1.82) is 0 Å². The van der Waals surface area contributed by atoms with Crippen LogP contribution in [0.25, 0.3) is 11.0 Å². The number of nitro benzene ring substituents is 1. The molecule has 0 bridgehead atoms. The summed E-state index contributed by atoms with van der Waals surface area (Å²) in [4.78, 5) is 35.6. The van der Waals surface area contributed by atoms with Gasteiger partial charge in [-0.2, -0.15) is 4.98 Å². The molecule has 2 saturated carbocycles. The first kappa shape index (κ1) is 48.6. The monoisotopic (exact) mass is 982 g/mol. The van der Waals surface area contributed by atoms with E-state index in [0.717, 1.165) is 68.8 Å². The van der Waals surface area contributed by atoms with Gasteiger partial charge in [0.25, 0.3) is 27.5 Å². The summed E-state index contributed by atoms with van der Waals surface area (Å²) in [5.41, 5.74) is 2.94. The smallest absolute Gasteiger partial charge is 0.288 e. The normalized spacial score (nSPS) is 21.9. The first-order chi connectivity index (χ1) is 33.0. The average Bonchev–Trinajstić information content (AvgIpc) is 3.79. The molecule has 1 saturated heterocycles. The zero-order chi connectivity index (χ0) is 48.7. The lowest BCUT2D eigenvalue weighted by Crippen LogP contribution is -2.54. The Morgan fingerprint density at radius 1 is 1.04 bits per heavy atom. The molecule has 1 amide bonds. The molecule has 4 heterocycles. The van der Waals surface area contributed by atoms with Gasteiger partial charge in [0.2, 0.25) is 0 Å². The number of H-pyrrole nitrogens is 1. The number of methoxy groups -OCH3 is 1. The van der Waals surface area contributed by atoms with Crippen LogP contribution < -0.4 is 29.1 Å². The van der Waals surface area contributed by atoms with Crippen LogP contribution in [0.15, 0.2) is 82.7 Å². The van der Waals surface area contributed by atoms with Gasteiger partial charge in [0.1, 0.15) is 28.6 Å². The summed E-state index contributed by atoms with van der Waals surface area (Å²) in [6, 6.07) is 19.9. The molecule has 4 aliphatic rings. The van der Waals surface area contributed by atoms with Crippen molar-refractivity contribution in [2.24, 2.45) is 11.3 Å². The predicted molar refractivity (Wildman–Crippen MR) is 264 cm³/mol. The van der Waals surface area contributed by atoms with Crippen LogP contribution in [-0.4, -0.2) is 91.2 Å². The van der Waals surface area contributed by atoms with Gasteiger partial charge in [-0.3, -0.25) is 14.9 Å². The van der Waals surface area contributed by atoms with E-state index >= 15 is 0 Å². The molecule has 2 aliphatic heterocycles. The Hall–Kier alpha value is -5.40. The van der Waals surface area contributed by atoms with Gasteiger partial charge in [0, 0.05) is 66.5 Å². The SMILES string of the molecule is CCOC[C@H](NC1CC2(CCN(c3ccc(C(=O)NS(=O)(=O)c4cc5c(c([N+](=O)[O-])c4)S[C@@H]([C@H]4CC[C@](C)(O)CC4)CO5)c(Oc4cc5cc[nH]c5nc4OC)c3)CC2)C1)c1ccccc1C(C)C. The third-order valence-electron chi connectivity index (χ3n) is 14.6. The minimum Gasteiger partial charge on any atom is -0.491 e. The first-order valence-corrected chi connectivity index (χ1v) is 26.3. The van der Waals surface area contributed by atoms with E-state index in [1.165, 1.54) is 42.1 Å². The van der Waals surface area contributed by atoms with Gasteiger partial charge in [-0.15, -0.1) is 11.8 Å². The van der Waals surface area contributed by atoms with Crippen molar-refractivity contribution >= 4 is 50.1 Å². The van der Waals surface area contributed by atoms with Gasteiger partial charge in [-0.25, -0.2) is 13.1 Å². The lowest BCUT2D eigenvalue weighted by atomic mass is 9.60. The molecule has 9 rings (SSSR count). The van der Waals surface area contributed by atoms with E-state index in [2.05, 4.69) is 63.0 Å². The largest absolute Gasteiger partial charge is 0.491 e. The summed E-state index contributed by atoms with van der Waals surface area (Å²) < 4.78 is 54.3. The third kappa shape index (κ3) is 10.4. The van der Waals surface area contributed by atoms with Gasteiger partial charge in [0.15, 0.2) is 5.75 Å². The number of thioether (sulfide) groups is 1. The zero-order valence-corrected chi connectivity index (χ0v) is 41.4. The molecule has 3 aromatic carbocycles. The number of fused-ring (bicyclic) bond motifs is 2. The predicted octanol–water partition coefficient (Wildman–Crippen LogP) is 9.42. The number of aromatic nitrogens is 2. The second-order valence-electron chi connectivity index (χ2n) is 19.7. The maximum atomic E-state index is 14.2. The fourth-order valence-electron chi connectivity index (χ4n) is 10.7. The second-order valence-corrected chi connectivity index (χ2v) is 22.6. The molecule has 2 atom stereocenters. The number of nitrogens with zero attached hydrogens (tertiary/aromatic N) is 3. The average molecular weight is 983 g/mol. The minimum atomic E-state index is -4.69. The Morgan fingerprint density at radius 3 is 2.48 bits per heavy atom. The number of hydrogen-bond donors (Lipinski definition) is 4. The molecule has 0 radical (unpaired) electrons. The number of carbonyl (C=O) groups is 1. The number of sulfonamides is 1. The van der Waals surface area contributed by atoms with Crippen molar-refractivity contribution in [2.75, 3.05) is 44.9 Å². The van der Waals surface area contributed by atoms with Crippen LogP contribution >= 0.6 is 11.8 Å². The van der Waals surface area contributed by atoms with Gasteiger partial charge in [-0.05, 0) is 118 Å². The number of piperidine rings is 1. The molecule has 18 heteroatoms.